The molecule has 0 aliphatic rings. The van der Waals surface area contributed by atoms with E-state index in [4.69, 9.17) is 0 Å². The maximum atomic E-state index is 4.42. The van der Waals surface area contributed by atoms with E-state index < -0.39 is 0 Å². The minimum atomic E-state index is 0.556. The van der Waals surface area contributed by atoms with E-state index in [1.165, 1.54) is 37.8 Å². The minimum Gasteiger partial charge on any atom is -0.317 e. The zero-order valence-corrected chi connectivity index (χ0v) is 12.5. The summed E-state index contributed by atoms with van der Waals surface area (Å²) in [5.41, 5.74) is 1.17. The Labute approximate surface area is 113 Å². The number of nitrogens with zero attached hydrogens (tertiary/aromatic N) is 1. The molecule has 0 fully saturated rings. The Kier molecular flexibility index (Phi) is 7.45. The van der Waals surface area contributed by atoms with Crippen LogP contribution in [0, 0.1) is 0 Å². The van der Waals surface area contributed by atoms with Crippen molar-refractivity contribution in [2.75, 3.05) is 7.05 Å². The predicted molar refractivity (Wildman–Crippen MR) is 77.2 cm³/mol. The second-order valence-electron chi connectivity index (χ2n) is 4.51. The van der Waals surface area contributed by atoms with Crippen LogP contribution in [-0.2, 0) is 6.42 Å². The number of halogens is 1. The van der Waals surface area contributed by atoms with Gasteiger partial charge in [-0.1, -0.05) is 32.6 Å². The molecule has 2 nitrogen and oxygen atoms in total. The summed E-state index contributed by atoms with van der Waals surface area (Å²) in [6.45, 7) is 2.25. The van der Waals surface area contributed by atoms with Crippen molar-refractivity contribution in [1.29, 1.82) is 0 Å². The number of unbranched alkanes of at least 4 members (excludes halogenated alkanes) is 3. The number of nitrogens with one attached hydrogen (secondary N) is 1. The average Bonchev–Trinajstić information content (AvgIpc) is 2.35. The molecule has 1 unspecified atom stereocenters. The Morgan fingerprint density at radius 2 is 2.12 bits per heavy atom. The summed E-state index contributed by atoms with van der Waals surface area (Å²) in [6, 6.07) is 4.72. The van der Waals surface area contributed by atoms with Crippen LogP contribution in [0.1, 0.15) is 44.7 Å². The standard InChI is InChI=1S/C14H23BrN2/c1-3-4-5-6-7-13(16-2)10-14-9-8-12(15)11-17-14/h8-9,11,13,16H,3-7,10H2,1-2H3. The van der Waals surface area contributed by atoms with Gasteiger partial charge in [0.1, 0.15) is 0 Å². The molecule has 3 heteroatoms. The van der Waals surface area contributed by atoms with Crippen molar-refractivity contribution >= 4 is 15.9 Å². The number of rotatable bonds is 8. The highest BCUT2D eigenvalue weighted by molar-refractivity contribution is 9.10. The third-order valence-corrected chi connectivity index (χ3v) is 3.53. The van der Waals surface area contributed by atoms with Crippen LogP contribution in [0.25, 0.3) is 0 Å². The largest absolute Gasteiger partial charge is 0.317 e. The SMILES string of the molecule is CCCCCCC(Cc1ccc(Br)cn1)NC. The van der Waals surface area contributed by atoms with Crippen LogP contribution >= 0.6 is 15.9 Å². The van der Waals surface area contributed by atoms with E-state index in [1.807, 2.05) is 13.2 Å². The van der Waals surface area contributed by atoms with Crippen molar-refractivity contribution in [3.05, 3.63) is 28.5 Å². The topological polar surface area (TPSA) is 24.9 Å². The van der Waals surface area contributed by atoms with E-state index in [0.29, 0.717) is 6.04 Å². The number of aromatic nitrogens is 1. The van der Waals surface area contributed by atoms with E-state index in [-0.39, 0.29) is 0 Å². The van der Waals surface area contributed by atoms with Gasteiger partial charge in [-0.15, -0.1) is 0 Å². The molecule has 0 aromatic carbocycles. The third-order valence-electron chi connectivity index (χ3n) is 3.06. The lowest BCUT2D eigenvalue weighted by Crippen LogP contribution is -2.27. The molecule has 0 bridgehead atoms. The molecule has 0 saturated carbocycles. The molecule has 0 aliphatic carbocycles. The fourth-order valence-electron chi connectivity index (χ4n) is 1.95. The number of hydrogen-bond donors (Lipinski definition) is 1. The molecular weight excluding hydrogens is 276 g/mol. The van der Waals surface area contributed by atoms with Crippen molar-refractivity contribution < 1.29 is 0 Å². The summed E-state index contributed by atoms with van der Waals surface area (Å²) in [4.78, 5) is 4.42. The van der Waals surface area contributed by atoms with Gasteiger partial charge >= 0.3 is 0 Å². The van der Waals surface area contributed by atoms with Crippen LogP contribution in [-0.4, -0.2) is 18.1 Å². The summed E-state index contributed by atoms with van der Waals surface area (Å²) in [7, 11) is 2.04. The van der Waals surface area contributed by atoms with Gasteiger partial charge in [-0.2, -0.15) is 0 Å². The van der Waals surface area contributed by atoms with E-state index >= 15 is 0 Å². The number of pyridine rings is 1. The molecule has 1 heterocycles. The smallest absolute Gasteiger partial charge is 0.0419 e. The van der Waals surface area contributed by atoms with Crippen LogP contribution in [0.2, 0.25) is 0 Å². The first-order valence-corrected chi connectivity index (χ1v) is 7.33. The van der Waals surface area contributed by atoms with Gasteiger partial charge in [0.05, 0.1) is 0 Å². The molecule has 0 aliphatic heterocycles. The van der Waals surface area contributed by atoms with Gasteiger partial charge in [0.15, 0.2) is 0 Å². The average molecular weight is 299 g/mol. The van der Waals surface area contributed by atoms with Crippen molar-refractivity contribution in [3.8, 4) is 0 Å². The summed E-state index contributed by atoms with van der Waals surface area (Å²) in [5, 5.41) is 3.39. The second kappa shape index (κ2) is 8.65. The van der Waals surface area contributed by atoms with Crippen LogP contribution in [0.3, 0.4) is 0 Å². The zero-order valence-electron chi connectivity index (χ0n) is 10.9. The number of hydrogen-bond acceptors (Lipinski definition) is 2. The Morgan fingerprint density at radius 1 is 1.29 bits per heavy atom. The van der Waals surface area contributed by atoms with Crippen LogP contribution in [0.15, 0.2) is 22.8 Å². The molecule has 96 valence electrons. The molecule has 1 N–H and O–H groups in total. The van der Waals surface area contributed by atoms with Gasteiger partial charge in [0, 0.05) is 28.8 Å². The van der Waals surface area contributed by atoms with E-state index in [1.54, 1.807) is 0 Å². The summed E-state index contributed by atoms with van der Waals surface area (Å²) < 4.78 is 1.05. The number of likely N-dealkylation sites (N-methyl/N-ethyl adjacent to an activating group) is 1. The van der Waals surface area contributed by atoms with Crippen LogP contribution < -0.4 is 5.32 Å². The minimum absolute atomic E-state index is 0.556. The summed E-state index contributed by atoms with van der Waals surface area (Å²) in [6.07, 6.45) is 9.47. The highest BCUT2D eigenvalue weighted by Gasteiger charge is 2.07. The Morgan fingerprint density at radius 3 is 2.71 bits per heavy atom. The Bertz CT molecular complexity index is 298. The molecule has 0 amide bonds. The predicted octanol–water partition coefficient (Wildman–Crippen LogP) is 3.95. The van der Waals surface area contributed by atoms with Gasteiger partial charge in [-0.05, 0) is 41.5 Å². The van der Waals surface area contributed by atoms with Crippen LogP contribution in [0.4, 0.5) is 0 Å². The van der Waals surface area contributed by atoms with Crippen molar-refractivity contribution in [2.24, 2.45) is 0 Å². The molecule has 0 spiro atoms. The maximum Gasteiger partial charge on any atom is 0.0419 e. The summed E-state index contributed by atoms with van der Waals surface area (Å²) >= 11 is 3.41. The van der Waals surface area contributed by atoms with Crippen LogP contribution in [0.5, 0.6) is 0 Å². The van der Waals surface area contributed by atoms with Gasteiger partial charge in [-0.3, -0.25) is 4.98 Å². The lowest BCUT2D eigenvalue weighted by molar-refractivity contribution is 0.481. The highest BCUT2D eigenvalue weighted by Crippen LogP contribution is 2.12. The summed E-state index contributed by atoms with van der Waals surface area (Å²) in [5.74, 6) is 0. The first-order valence-electron chi connectivity index (χ1n) is 6.54. The van der Waals surface area contributed by atoms with Crippen molar-refractivity contribution in [1.82, 2.24) is 10.3 Å². The Hall–Kier alpha value is -0.410. The maximum absolute atomic E-state index is 4.42. The second-order valence-corrected chi connectivity index (χ2v) is 5.42. The van der Waals surface area contributed by atoms with Crippen molar-refractivity contribution in [2.45, 2.75) is 51.5 Å². The zero-order chi connectivity index (χ0) is 12.5. The van der Waals surface area contributed by atoms with E-state index in [2.05, 4.69) is 45.3 Å². The van der Waals surface area contributed by atoms with Gasteiger partial charge in [0.25, 0.3) is 0 Å². The first kappa shape index (κ1) is 14.7. The quantitative estimate of drug-likeness (QED) is 0.735. The molecular formula is C14H23BrN2. The fraction of sp³-hybridized carbons (Fsp3) is 0.643. The monoisotopic (exact) mass is 298 g/mol. The third kappa shape index (κ3) is 6.18. The van der Waals surface area contributed by atoms with Gasteiger partial charge in [-0.25, -0.2) is 0 Å². The van der Waals surface area contributed by atoms with E-state index in [0.717, 1.165) is 10.9 Å². The molecule has 1 aromatic heterocycles. The molecule has 0 saturated heterocycles. The molecule has 1 aromatic rings. The first-order chi connectivity index (χ1) is 8.26. The molecule has 1 atom stereocenters. The molecule has 0 radical (unpaired) electrons. The molecule has 1 rings (SSSR count). The lowest BCUT2D eigenvalue weighted by atomic mass is 10.0. The normalized spacial score (nSPS) is 12.6. The van der Waals surface area contributed by atoms with E-state index in [9.17, 15) is 0 Å². The van der Waals surface area contributed by atoms with Gasteiger partial charge in [0.2, 0.25) is 0 Å². The van der Waals surface area contributed by atoms with Gasteiger partial charge < -0.3 is 5.32 Å². The fourth-order valence-corrected chi connectivity index (χ4v) is 2.18. The Balaban J connectivity index is 2.33. The van der Waals surface area contributed by atoms with Crippen molar-refractivity contribution in [3.63, 3.8) is 0 Å². The highest BCUT2D eigenvalue weighted by atomic mass is 79.9. The lowest BCUT2D eigenvalue weighted by Gasteiger charge is -2.15. The molecule has 17 heavy (non-hydrogen) atoms.